The Kier molecular flexibility index (Phi) is 7.46. The molecule has 1 heterocycles. The van der Waals surface area contributed by atoms with Crippen LogP contribution >= 0.6 is 22.6 Å². The van der Waals surface area contributed by atoms with E-state index < -0.39 is 5.41 Å². The topological polar surface area (TPSA) is 21.7 Å². The number of hydrogen-bond acceptors (Lipinski definition) is 3. The van der Waals surface area contributed by atoms with Gasteiger partial charge in [0, 0.05) is 22.9 Å². The summed E-state index contributed by atoms with van der Waals surface area (Å²) in [5.41, 5.74) is 19.2. The van der Waals surface area contributed by atoms with Crippen LogP contribution in [0, 0.1) is 0 Å². The highest BCUT2D eigenvalue weighted by Gasteiger charge is 2.53. The number of alkyl halides is 1. The summed E-state index contributed by atoms with van der Waals surface area (Å²) in [6, 6.07) is 64.0. The first-order valence-corrected chi connectivity index (χ1v) is 22.2. The Morgan fingerprint density at radius 2 is 1.11 bits per heavy atom. The van der Waals surface area contributed by atoms with Crippen molar-refractivity contribution in [3.63, 3.8) is 0 Å². The molecule has 0 radical (unpaired) electrons. The molecule has 0 saturated heterocycles. The SMILES string of the molecule is CC1(I)c2ccccc2-c2ccc(N(C3=CCC(c4ccccc4)C=C3)c3cccc4c3Oc3ccc5c(c3O4)-c3ccccc3C53c4ccccc4-c4ccccc43)cc21. The second-order valence-corrected chi connectivity index (χ2v) is 19.0. The molecule has 13 rings (SSSR count). The van der Waals surface area contributed by atoms with Crippen LogP contribution < -0.4 is 14.4 Å². The van der Waals surface area contributed by atoms with Crippen molar-refractivity contribution in [3.05, 3.63) is 239 Å². The number of rotatable bonds is 4. The normalized spacial score (nSPS) is 18.6. The summed E-state index contributed by atoms with van der Waals surface area (Å²) in [5.74, 6) is 3.18. The van der Waals surface area contributed by atoms with E-state index in [1.54, 1.807) is 0 Å². The van der Waals surface area contributed by atoms with E-state index in [1.807, 2.05) is 6.07 Å². The standard InChI is InChI=1S/C57H38INO2/c1-56(58)44-20-9-5-16-39(44)42-31-30-38(34-49(42)56)59(37-28-26-36(27-29-37)35-14-3-2-4-15-35)50-24-13-25-51-54(50)60-52-33-32-48-53(55(52)61-51)43-19-8-12-23-47(43)57(48)45-21-10-6-17-40(45)41-18-7-11-22-46(41)57/h2-26,28-34,36H,27H2,1H3. The monoisotopic (exact) mass is 895 g/mol. The number of nitrogens with zero attached hydrogens (tertiary/aromatic N) is 1. The minimum absolute atomic E-state index is 0.177. The molecule has 1 aliphatic heterocycles. The largest absolute Gasteiger partial charge is 0.449 e. The number of allylic oxidation sites excluding steroid dienone is 3. The summed E-state index contributed by atoms with van der Waals surface area (Å²) in [6.45, 7) is 2.33. The van der Waals surface area contributed by atoms with Crippen molar-refractivity contribution in [3.8, 4) is 56.4 Å². The van der Waals surface area contributed by atoms with Gasteiger partial charge >= 0.3 is 0 Å². The zero-order valence-electron chi connectivity index (χ0n) is 33.4. The van der Waals surface area contributed by atoms with E-state index in [4.69, 9.17) is 9.47 Å². The van der Waals surface area contributed by atoms with Gasteiger partial charge in [0.2, 0.25) is 0 Å². The molecule has 61 heavy (non-hydrogen) atoms. The second-order valence-electron chi connectivity index (χ2n) is 16.9. The maximum atomic E-state index is 7.20. The predicted molar refractivity (Wildman–Crippen MR) is 255 cm³/mol. The van der Waals surface area contributed by atoms with Crippen molar-refractivity contribution in [2.24, 2.45) is 0 Å². The van der Waals surface area contributed by atoms with Gasteiger partial charge in [-0.25, -0.2) is 0 Å². The summed E-state index contributed by atoms with van der Waals surface area (Å²) in [7, 11) is 0. The van der Waals surface area contributed by atoms with E-state index in [0.29, 0.717) is 23.2 Å². The number of hydrogen-bond donors (Lipinski definition) is 0. The highest BCUT2D eigenvalue weighted by molar-refractivity contribution is 14.1. The van der Waals surface area contributed by atoms with Crippen LogP contribution in [0.3, 0.4) is 0 Å². The lowest BCUT2D eigenvalue weighted by Gasteiger charge is -2.33. The Hall–Kier alpha value is -6.63. The van der Waals surface area contributed by atoms with Crippen LogP contribution in [0.15, 0.2) is 200 Å². The molecule has 8 aromatic rings. The van der Waals surface area contributed by atoms with E-state index in [1.165, 1.54) is 66.8 Å². The fraction of sp³-hybridized carbons (Fsp3) is 0.0877. The smallest absolute Gasteiger partial charge is 0.194 e. The van der Waals surface area contributed by atoms with Crippen molar-refractivity contribution in [1.82, 2.24) is 0 Å². The Balaban J connectivity index is 0.964. The molecule has 3 nitrogen and oxygen atoms in total. The quantitative estimate of drug-likeness (QED) is 0.130. The average Bonchev–Trinajstić information content (AvgIpc) is 3.88. The lowest BCUT2D eigenvalue weighted by atomic mass is 9.70. The van der Waals surface area contributed by atoms with Crippen LogP contribution in [-0.2, 0) is 8.84 Å². The van der Waals surface area contributed by atoms with Crippen molar-refractivity contribution in [2.75, 3.05) is 4.90 Å². The van der Waals surface area contributed by atoms with Crippen LogP contribution in [0.25, 0.3) is 33.4 Å². The number of anilines is 2. The first-order chi connectivity index (χ1) is 30.0. The third kappa shape index (κ3) is 4.80. The zero-order chi connectivity index (χ0) is 40.5. The Morgan fingerprint density at radius 1 is 0.525 bits per heavy atom. The van der Waals surface area contributed by atoms with E-state index in [-0.39, 0.29) is 3.42 Å². The lowest BCUT2D eigenvalue weighted by Crippen LogP contribution is -2.25. The molecule has 0 saturated carbocycles. The molecule has 2 unspecified atom stereocenters. The number of halogens is 1. The van der Waals surface area contributed by atoms with Gasteiger partial charge in [-0.15, -0.1) is 0 Å². The minimum atomic E-state index is -0.464. The molecular formula is C57H38INO2. The number of fused-ring (bicyclic) bond motifs is 16. The summed E-state index contributed by atoms with van der Waals surface area (Å²) < 4.78 is 14.2. The molecule has 1 spiro atoms. The van der Waals surface area contributed by atoms with Gasteiger partial charge < -0.3 is 14.4 Å². The molecule has 0 fully saturated rings. The van der Waals surface area contributed by atoms with Crippen LogP contribution in [0.4, 0.5) is 11.4 Å². The predicted octanol–water partition coefficient (Wildman–Crippen LogP) is 15.4. The van der Waals surface area contributed by atoms with Crippen LogP contribution in [0.1, 0.15) is 58.2 Å². The average molecular weight is 896 g/mol. The van der Waals surface area contributed by atoms with Gasteiger partial charge in [0.05, 0.1) is 14.5 Å². The molecule has 0 aromatic heterocycles. The van der Waals surface area contributed by atoms with Gasteiger partial charge in [-0.3, -0.25) is 0 Å². The van der Waals surface area contributed by atoms with Gasteiger partial charge in [0.15, 0.2) is 23.0 Å². The summed E-state index contributed by atoms with van der Waals surface area (Å²) in [6.07, 6.45) is 7.90. The number of benzene rings is 8. The summed E-state index contributed by atoms with van der Waals surface area (Å²) in [5, 5.41) is 0. The van der Waals surface area contributed by atoms with Crippen molar-refractivity contribution in [2.45, 2.75) is 28.1 Å². The first-order valence-electron chi connectivity index (χ1n) is 21.1. The number of para-hydroxylation sites is 1. The van der Waals surface area contributed by atoms with Gasteiger partial charge in [-0.1, -0.05) is 180 Å². The van der Waals surface area contributed by atoms with Gasteiger partial charge in [-0.05, 0) is 117 Å². The highest BCUT2D eigenvalue weighted by Crippen LogP contribution is 2.67. The fourth-order valence-corrected chi connectivity index (χ4v) is 12.0. The summed E-state index contributed by atoms with van der Waals surface area (Å²) in [4.78, 5) is 2.37. The van der Waals surface area contributed by atoms with Crippen molar-refractivity contribution < 1.29 is 9.47 Å². The van der Waals surface area contributed by atoms with Gasteiger partial charge in [-0.2, -0.15) is 0 Å². The van der Waals surface area contributed by atoms with E-state index in [0.717, 1.165) is 34.8 Å². The van der Waals surface area contributed by atoms with Crippen molar-refractivity contribution in [1.29, 1.82) is 0 Å². The molecule has 0 N–H and O–H groups in total. The minimum Gasteiger partial charge on any atom is -0.449 e. The molecule has 2 atom stereocenters. The molecular weight excluding hydrogens is 858 g/mol. The van der Waals surface area contributed by atoms with E-state index >= 15 is 0 Å². The Morgan fingerprint density at radius 3 is 1.82 bits per heavy atom. The molecule has 5 aliphatic rings. The van der Waals surface area contributed by atoms with Gasteiger partial charge in [0.25, 0.3) is 0 Å². The Labute approximate surface area is 369 Å². The molecule has 4 aliphatic carbocycles. The third-order valence-corrected chi connectivity index (χ3v) is 14.9. The zero-order valence-corrected chi connectivity index (χ0v) is 35.6. The van der Waals surface area contributed by atoms with Crippen LogP contribution in [0.5, 0.6) is 23.0 Å². The second kappa shape index (κ2) is 12.9. The molecule has 290 valence electrons. The van der Waals surface area contributed by atoms with Crippen LogP contribution in [0.2, 0.25) is 0 Å². The Bertz CT molecular complexity index is 3190. The maximum Gasteiger partial charge on any atom is 0.194 e. The maximum absolute atomic E-state index is 7.20. The van der Waals surface area contributed by atoms with Gasteiger partial charge in [0.1, 0.15) is 0 Å². The van der Waals surface area contributed by atoms with Crippen molar-refractivity contribution >= 4 is 34.0 Å². The lowest BCUT2D eigenvalue weighted by molar-refractivity contribution is 0.361. The third-order valence-electron chi connectivity index (χ3n) is 13.8. The highest BCUT2D eigenvalue weighted by atomic mass is 127. The van der Waals surface area contributed by atoms with E-state index in [9.17, 15) is 0 Å². The molecule has 4 heteroatoms. The molecule has 0 bridgehead atoms. The molecule has 0 amide bonds. The van der Waals surface area contributed by atoms with Crippen LogP contribution in [-0.4, -0.2) is 0 Å². The fourth-order valence-electron chi connectivity index (χ4n) is 11.1. The number of ether oxygens (including phenoxy) is 2. The summed E-state index contributed by atoms with van der Waals surface area (Å²) >= 11 is 2.64. The molecule has 8 aromatic carbocycles. The first kappa shape index (κ1) is 35.2. The van der Waals surface area contributed by atoms with E-state index in [2.05, 4.69) is 223 Å².